The van der Waals surface area contributed by atoms with Crippen molar-refractivity contribution in [3.8, 4) is 5.69 Å². The molecule has 5 aromatic carbocycles. The summed E-state index contributed by atoms with van der Waals surface area (Å²) in [5.74, 6) is 0. The first-order valence-corrected chi connectivity index (χ1v) is 12.2. The van der Waals surface area contributed by atoms with Crippen LogP contribution in [0.3, 0.4) is 0 Å². The van der Waals surface area contributed by atoms with Gasteiger partial charge in [0, 0.05) is 27.8 Å². The summed E-state index contributed by atoms with van der Waals surface area (Å²) in [4.78, 5) is 15.6. The number of hydrogen-bond donors (Lipinski definition) is 0. The van der Waals surface area contributed by atoms with Gasteiger partial charge in [0.1, 0.15) is 0 Å². The second-order valence-corrected chi connectivity index (χ2v) is 9.13. The highest BCUT2D eigenvalue weighted by molar-refractivity contribution is 5.96. The quantitative estimate of drug-likeness (QED) is 0.245. The number of pyridine rings is 1. The fraction of sp³-hybridized carbons (Fsp3) is 0.0606. The van der Waals surface area contributed by atoms with Gasteiger partial charge in [-0.25, -0.2) is 0 Å². The Balaban J connectivity index is 1.63. The molecule has 36 heavy (non-hydrogen) atoms. The second-order valence-electron chi connectivity index (χ2n) is 9.13. The Bertz CT molecular complexity index is 1650. The zero-order valence-corrected chi connectivity index (χ0v) is 20.3. The summed E-state index contributed by atoms with van der Waals surface area (Å²) in [7, 11) is 0. The van der Waals surface area contributed by atoms with Crippen molar-refractivity contribution in [2.24, 2.45) is 0 Å². The van der Waals surface area contributed by atoms with Gasteiger partial charge in [0.2, 0.25) is 0 Å². The molecule has 174 valence electrons. The molecule has 0 saturated carbocycles. The Morgan fingerprint density at radius 2 is 0.944 bits per heavy atom. The lowest BCUT2D eigenvalue weighted by Crippen LogP contribution is -2.14. The molecule has 0 radical (unpaired) electrons. The fourth-order valence-corrected chi connectivity index (χ4v) is 5.25. The largest absolute Gasteiger partial charge is 0.310 e. The molecule has 3 heteroatoms. The summed E-state index contributed by atoms with van der Waals surface area (Å²) < 4.78 is 2.25. The molecule has 6 rings (SSSR count). The first-order chi connectivity index (χ1) is 17.6. The van der Waals surface area contributed by atoms with Crippen molar-refractivity contribution in [3.63, 3.8) is 0 Å². The standard InChI is InChI=1S/C33H26N2O/c1-23-21-27(34(25-13-5-3-6-14-25)26-15-7-4-8-16-26)22-24(2)32(23)35-30-19-11-9-17-28(30)33(36)29-18-10-12-20-31(29)35/h3-22H,1-2H3. The molecule has 0 atom stereocenters. The summed E-state index contributed by atoms with van der Waals surface area (Å²) >= 11 is 0. The van der Waals surface area contributed by atoms with Gasteiger partial charge in [-0.15, -0.1) is 0 Å². The van der Waals surface area contributed by atoms with Crippen LogP contribution in [0.1, 0.15) is 11.1 Å². The van der Waals surface area contributed by atoms with E-state index in [0.717, 1.165) is 55.7 Å². The van der Waals surface area contributed by atoms with Crippen LogP contribution in [0.4, 0.5) is 17.1 Å². The van der Waals surface area contributed by atoms with E-state index in [2.05, 4.69) is 84.0 Å². The first-order valence-electron chi connectivity index (χ1n) is 12.2. The van der Waals surface area contributed by atoms with Gasteiger partial charge in [0.05, 0.1) is 16.7 Å². The third-order valence-corrected chi connectivity index (χ3v) is 6.77. The van der Waals surface area contributed by atoms with E-state index in [-0.39, 0.29) is 5.43 Å². The van der Waals surface area contributed by atoms with Crippen LogP contribution >= 0.6 is 0 Å². The molecule has 0 fully saturated rings. The predicted octanol–water partition coefficient (Wildman–Crippen LogP) is 8.23. The molecule has 0 spiro atoms. The van der Waals surface area contributed by atoms with Crippen molar-refractivity contribution >= 4 is 38.9 Å². The molecule has 0 saturated heterocycles. The van der Waals surface area contributed by atoms with Gasteiger partial charge >= 0.3 is 0 Å². The number of aryl methyl sites for hydroxylation is 2. The van der Waals surface area contributed by atoms with Crippen LogP contribution < -0.4 is 10.3 Å². The second kappa shape index (κ2) is 8.86. The van der Waals surface area contributed by atoms with Crippen molar-refractivity contribution in [2.75, 3.05) is 4.90 Å². The topological polar surface area (TPSA) is 25.2 Å². The molecule has 6 aromatic rings. The van der Waals surface area contributed by atoms with E-state index in [1.54, 1.807) is 0 Å². The van der Waals surface area contributed by atoms with Crippen molar-refractivity contribution < 1.29 is 0 Å². The van der Waals surface area contributed by atoms with E-state index in [0.29, 0.717) is 0 Å². The van der Waals surface area contributed by atoms with Gasteiger partial charge in [-0.3, -0.25) is 4.79 Å². The van der Waals surface area contributed by atoms with Crippen molar-refractivity contribution in [1.82, 2.24) is 4.57 Å². The van der Waals surface area contributed by atoms with Crippen molar-refractivity contribution in [1.29, 1.82) is 0 Å². The fourth-order valence-electron chi connectivity index (χ4n) is 5.25. The number of nitrogens with zero attached hydrogens (tertiary/aromatic N) is 2. The van der Waals surface area contributed by atoms with E-state index in [9.17, 15) is 4.79 Å². The first kappa shape index (κ1) is 21.9. The van der Waals surface area contributed by atoms with Gasteiger partial charge in [-0.1, -0.05) is 60.7 Å². The van der Waals surface area contributed by atoms with Crippen LogP contribution in [-0.4, -0.2) is 4.57 Å². The maximum Gasteiger partial charge on any atom is 0.197 e. The van der Waals surface area contributed by atoms with E-state index >= 15 is 0 Å². The van der Waals surface area contributed by atoms with Gasteiger partial charge in [0.15, 0.2) is 5.43 Å². The lowest BCUT2D eigenvalue weighted by molar-refractivity contribution is 1.10. The van der Waals surface area contributed by atoms with Crippen LogP contribution in [0.5, 0.6) is 0 Å². The normalized spacial score (nSPS) is 11.2. The Labute approximate surface area is 210 Å². The van der Waals surface area contributed by atoms with Gasteiger partial charge in [-0.2, -0.15) is 0 Å². The summed E-state index contributed by atoms with van der Waals surface area (Å²) in [5.41, 5.74) is 8.61. The molecule has 0 aliphatic rings. The zero-order valence-electron chi connectivity index (χ0n) is 20.3. The number of rotatable bonds is 4. The van der Waals surface area contributed by atoms with Crippen LogP contribution in [0.2, 0.25) is 0 Å². The minimum Gasteiger partial charge on any atom is -0.310 e. The van der Waals surface area contributed by atoms with Crippen molar-refractivity contribution in [2.45, 2.75) is 13.8 Å². The Kier molecular flexibility index (Phi) is 5.38. The number of anilines is 3. The number of fused-ring (bicyclic) bond motifs is 2. The van der Waals surface area contributed by atoms with Crippen LogP contribution in [0.25, 0.3) is 27.5 Å². The summed E-state index contributed by atoms with van der Waals surface area (Å²) in [6.07, 6.45) is 0. The highest BCUT2D eigenvalue weighted by Crippen LogP contribution is 2.38. The van der Waals surface area contributed by atoms with Crippen molar-refractivity contribution in [3.05, 3.63) is 143 Å². The molecule has 0 aliphatic heterocycles. The maximum absolute atomic E-state index is 13.3. The molecule has 3 nitrogen and oxygen atoms in total. The Morgan fingerprint density at radius 1 is 0.528 bits per heavy atom. The molecular weight excluding hydrogens is 440 g/mol. The number of aromatic nitrogens is 1. The molecular formula is C33H26N2O. The van der Waals surface area contributed by atoms with E-state index < -0.39 is 0 Å². The molecule has 0 amide bonds. The number of benzene rings is 5. The van der Waals surface area contributed by atoms with Gasteiger partial charge in [0.25, 0.3) is 0 Å². The molecule has 0 bridgehead atoms. The average Bonchev–Trinajstić information content (AvgIpc) is 2.91. The highest BCUT2D eigenvalue weighted by atomic mass is 16.1. The van der Waals surface area contributed by atoms with Gasteiger partial charge in [-0.05, 0) is 85.6 Å². The van der Waals surface area contributed by atoms with Gasteiger partial charge < -0.3 is 9.47 Å². The molecule has 0 unspecified atom stereocenters. The third-order valence-electron chi connectivity index (χ3n) is 6.77. The average molecular weight is 467 g/mol. The minimum atomic E-state index is 0.0729. The summed E-state index contributed by atoms with van der Waals surface area (Å²) in [6.45, 7) is 4.31. The minimum absolute atomic E-state index is 0.0729. The van der Waals surface area contributed by atoms with E-state index in [1.807, 2.05) is 60.7 Å². The monoisotopic (exact) mass is 466 g/mol. The smallest absolute Gasteiger partial charge is 0.197 e. The predicted molar refractivity (Wildman–Crippen MR) is 151 cm³/mol. The Morgan fingerprint density at radius 3 is 1.42 bits per heavy atom. The van der Waals surface area contributed by atoms with Crippen LogP contribution in [0.15, 0.2) is 126 Å². The zero-order chi connectivity index (χ0) is 24.6. The number of para-hydroxylation sites is 4. The molecule has 0 aliphatic carbocycles. The lowest BCUT2D eigenvalue weighted by atomic mass is 10.0. The van der Waals surface area contributed by atoms with Crippen LogP contribution in [0, 0.1) is 13.8 Å². The summed E-state index contributed by atoms with van der Waals surface area (Å²) in [5, 5.41) is 1.46. The SMILES string of the molecule is Cc1cc(N(c2ccccc2)c2ccccc2)cc(C)c1-n1c2ccccc2c(=O)c2ccccc21. The highest BCUT2D eigenvalue weighted by Gasteiger charge is 2.18. The third kappa shape index (κ3) is 3.57. The molecule has 1 heterocycles. The van der Waals surface area contributed by atoms with E-state index in [1.165, 1.54) is 0 Å². The molecule has 1 aromatic heterocycles. The van der Waals surface area contributed by atoms with E-state index in [4.69, 9.17) is 0 Å². The lowest BCUT2D eigenvalue weighted by Gasteiger charge is -2.28. The number of hydrogen-bond acceptors (Lipinski definition) is 2. The van der Waals surface area contributed by atoms with Crippen LogP contribution in [-0.2, 0) is 0 Å². The maximum atomic E-state index is 13.3. The Hall–Kier alpha value is -4.63. The summed E-state index contributed by atoms with van der Waals surface area (Å²) in [6, 6.07) is 41.2. The molecule has 0 N–H and O–H groups in total.